The molecule has 1 aromatic heterocycles. The van der Waals surface area contributed by atoms with Crippen molar-refractivity contribution in [1.29, 1.82) is 0 Å². The normalized spacial score (nSPS) is 20.7. The monoisotopic (exact) mass is 365 g/mol. The zero-order valence-electron chi connectivity index (χ0n) is 15.3. The molecule has 140 valence electrons. The van der Waals surface area contributed by atoms with Crippen LogP contribution in [-0.4, -0.2) is 60.2 Å². The largest absolute Gasteiger partial charge is 0.454 e. The maximum atomic E-state index is 11.7. The van der Waals surface area contributed by atoms with Crippen molar-refractivity contribution in [1.82, 2.24) is 15.1 Å². The van der Waals surface area contributed by atoms with Gasteiger partial charge in [-0.05, 0) is 31.9 Å². The first kappa shape index (κ1) is 18.8. The number of piperazine rings is 1. The summed E-state index contributed by atoms with van der Waals surface area (Å²) in [6.07, 6.45) is 6.78. The molecule has 25 heavy (non-hydrogen) atoms. The number of hydrogen-bond donors (Lipinski definition) is 1. The van der Waals surface area contributed by atoms with Gasteiger partial charge in [-0.3, -0.25) is 14.6 Å². The van der Waals surface area contributed by atoms with E-state index in [0.717, 1.165) is 48.8 Å². The van der Waals surface area contributed by atoms with E-state index in [1.807, 2.05) is 18.7 Å². The van der Waals surface area contributed by atoms with Crippen LogP contribution in [0.3, 0.4) is 0 Å². The molecule has 6 heteroatoms. The summed E-state index contributed by atoms with van der Waals surface area (Å²) in [5, 5.41) is 4.69. The third-order valence-corrected chi connectivity index (χ3v) is 6.31. The van der Waals surface area contributed by atoms with Crippen molar-refractivity contribution < 1.29 is 9.21 Å². The summed E-state index contributed by atoms with van der Waals surface area (Å²) in [7, 11) is 0. The Kier molecular flexibility index (Phi) is 7.25. The van der Waals surface area contributed by atoms with Gasteiger partial charge < -0.3 is 9.73 Å². The highest BCUT2D eigenvalue weighted by Gasteiger charge is 2.20. The lowest BCUT2D eigenvalue weighted by Gasteiger charge is -2.33. The van der Waals surface area contributed by atoms with Crippen LogP contribution in [0.15, 0.2) is 21.6 Å². The summed E-state index contributed by atoms with van der Waals surface area (Å²) >= 11 is 1.92. The number of furan rings is 1. The Morgan fingerprint density at radius 1 is 1.16 bits per heavy atom. The molecule has 0 atom stereocenters. The van der Waals surface area contributed by atoms with E-state index in [1.165, 1.54) is 32.1 Å². The third-order valence-electron chi connectivity index (χ3n) is 5.06. The molecular weight excluding hydrogens is 334 g/mol. The average molecular weight is 366 g/mol. The van der Waals surface area contributed by atoms with E-state index in [-0.39, 0.29) is 5.91 Å². The fraction of sp³-hybridized carbons (Fsp3) is 0.737. The van der Waals surface area contributed by atoms with Crippen LogP contribution < -0.4 is 5.32 Å². The predicted molar refractivity (Wildman–Crippen MR) is 102 cm³/mol. The number of rotatable bonds is 7. The Morgan fingerprint density at radius 3 is 2.60 bits per heavy atom. The third kappa shape index (κ3) is 6.04. The topological polar surface area (TPSA) is 48.7 Å². The number of likely N-dealkylation sites (N-methyl/N-ethyl adjacent to an activating group) is 1. The molecule has 1 amide bonds. The van der Waals surface area contributed by atoms with Crippen LogP contribution in [-0.2, 0) is 11.3 Å². The Balaban J connectivity index is 1.39. The zero-order chi connectivity index (χ0) is 17.5. The van der Waals surface area contributed by atoms with Crippen molar-refractivity contribution in [2.24, 2.45) is 0 Å². The van der Waals surface area contributed by atoms with Gasteiger partial charge >= 0.3 is 0 Å². The number of hydrogen-bond acceptors (Lipinski definition) is 5. The first-order valence-corrected chi connectivity index (χ1v) is 10.6. The Labute approximate surface area is 155 Å². The molecule has 1 N–H and O–H groups in total. The number of nitrogens with zero attached hydrogens (tertiary/aromatic N) is 2. The number of thioether (sulfide) groups is 1. The minimum absolute atomic E-state index is 0.131. The maximum Gasteiger partial charge on any atom is 0.234 e. The molecule has 2 fully saturated rings. The summed E-state index contributed by atoms with van der Waals surface area (Å²) in [6, 6.07) is 4.27. The van der Waals surface area contributed by atoms with Crippen molar-refractivity contribution in [2.75, 3.05) is 39.3 Å². The van der Waals surface area contributed by atoms with Gasteiger partial charge in [0, 0.05) is 38.0 Å². The van der Waals surface area contributed by atoms with E-state index in [2.05, 4.69) is 27.2 Å². The van der Waals surface area contributed by atoms with E-state index in [1.54, 1.807) is 0 Å². The lowest BCUT2D eigenvalue weighted by atomic mass is 10.0. The average Bonchev–Trinajstić information content (AvgIpc) is 3.05. The van der Waals surface area contributed by atoms with Gasteiger partial charge in [0.1, 0.15) is 5.76 Å². The molecule has 1 saturated heterocycles. The maximum absolute atomic E-state index is 11.7. The molecule has 0 radical (unpaired) electrons. The fourth-order valence-electron chi connectivity index (χ4n) is 3.64. The van der Waals surface area contributed by atoms with Gasteiger partial charge in [-0.15, -0.1) is 0 Å². The van der Waals surface area contributed by atoms with Gasteiger partial charge in [-0.25, -0.2) is 0 Å². The van der Waals surface area contributed by atoms with Crippen LogP contribution in [0.2, 0.25) is 0 Å². The number of carbonyl (C=O) groups excluding carboxylic acids is 1. The molecule has 0 spiro atoms. The molecule has 5 nitrogen and oxygen atoms in total. The van der Waals surface area contributed by atoms with E-state index < -0.39 is 0 Å². The molecule has 0 aromatic carbocycles. The smallest absolute Gasteiger partial charge is 0.234 e. The zero-order valence-corrected chi connectivity index (χ0v) is 16.2. The van der Waals surface area contributed by atoms with Gasteiger partial charge in [0.15, 0.2) is 5.09 Å². The molecule has 0 bridgehead atoms. The quantitative estimate of drug-likeness (QED) is 0.805. The molecule has 1 aromatic rings. The first-order chi connectivity index (χ1) is 12.2. The Bertz CT molecular complexity index is 535. The van der Waals surface area contributed by atoms with Crippen LogP contribution >= 0.6 is 11.8 Å². The second-order valence-corrected chi connectivity index (χ2v) is 8.41. The molecule has 1 saturated carbocycles. The van der Waals surface area contributed by atoms with Gasteiger partial charge in [0.05, 0.1) is 13.1 Å². The Morgan fingerprint density at radius 2 is 1.88 bits per heavy atom. The molecule has 3 rings (SSSR count). The summed E-state index contributed by atoms with van der Waals surface area (Å²) < 4.78 is 6.06. The van der Waals surface area contributed by atoms with E-state index in [4.69, 9.17) is 4.42 Å². The van der Waals surface area contributed by atoms with E-state index in [9.17, 15) is 4.79 Å². The number of carbonyl (C=O) groups is 1. The van der Waals surface area contributed by atoms with E-state index >= 15 is 0 Å². The predicted octanol–water partition coefficient (Wildman–Crippen LogP) is 2.96. The van der Waals surface area contributed by atoms with Crippen LogP contribution in [0.5, 0.6) is 0 Å². The van der Waals surface area contributed by atoms with Gasteiger partial charge in [-0.2, -0.15) is 0 Å². The molecule has 1 aliphatic heterocycles. The molecule has 2 aliphatic rings. The summed E-state index contributed by atoms with van der Waals surface area (Å²) in [6.45, 7) is 7.93. The van der Waals surface area contributed by atoms with E-state index in [0.29, 0.717) is 13.1 Å². The Hall–Kier alpha value is -0.980. The SMILES string of the molecule is CCNC(=O)CN1CCN(Cc2ccc(SC3CCCCC3)o2)CC1. The highest BCUT2D eigenvalue weighted by molar-refractivity contribution is 7.99. The van der Waals surface area contributed by atoms with Crippen molar-refractivity contribution in [3.8, 4) is 0 Å². The van der Waals surface area contributed by atoms with Gasteiger partial charge in [-0.1, -0.05) is 31.0 Å². The molecule has 2 heterocycles. The summed E-state index contributed by atoms with van der Waals surface area (Å²) in [5.74, 6) is 1.20. The summed E-state index contributed by atoms with van der Waals surface area (Å²) in [5.41, 5.74) is 0. The molecular formula is C19H31N3O2S. The van der Waals surface area contributed by atoms with Crippen LogP contribution in [0.4, 0.5) is 0 Å². The van der Waals surface area contributed by atoms with Crippen LogP contribution in [0.25, 0.3) is 0 Å². The van der Waals surface area contributed by atoms with Crippen molar-refractivity contribution >= 4 is 17.7 Å². The van der Waals surface area contributed by atoms with Crippen LogP contribution in [0.1, 0.15) is 44.8 Å². The summed E-state index contributed by atoms with van der Waals surface area (Å²) in [4.78, 5) is 16.3. The van der Waals surface area contributed by atoms with Crippen molar-refractivity contribution in [2.45, 2.75) is 55.9 Å². The highest BCUT2D eigenvalue weighted by Crippen LogP contribution is 2.34. The van der Waals surface area contributed by atoms with Gasteiger partial charge in [0.2, 0.25) is 5.91 Å². The highest BCUT2D eigenvalue weighted by atomic mass is 32.2. The minimum atomic E-state index is 0.131. The molecule has 0 unspecified atom stereocenters. The minimum Gasteiger partial charge on any atom is -0.454 e. The number of amides is 1. The lowest BCUT2D eigenvalue weighted by molar-refractivity contribution is -0.122. The second-order valence-electron chi connectivity index (χ2n) is 7.10. The fourth-order valence-corrected chi connectivity index (χ4v) is 4.84. The molecule has 1 aliphatic carbocycles. The van der Waals surface area contributed by atoms with Gasteiger partial charge in [0.25, 0.3) is 0 Å². The number of nitrogens with one attached hydrogen (secondary N) is 1. The van der Waals surface area contributed by atoms with Crippen LogP contribution in [0, 0.1) is 0 Å². The standard InChI is InChI=1S/C19H31N3O2S/c1-2-20-18(23)15-22-12-10-21(11-13-22)14-16-8-9-19(24-16)25-17-6-4-3-5-7-17/h8-9,17H,2-7,10-15H2,1H3,(H,20,23). The lowest BCUT2D eigenvalue weighted by Crippen LogP contribution is -2.49. The first-order valence-electron chi connectivity index (χ1n) is 9.69. The van der Waals surface area contributed by atoms with Crippen molar-refractivity contribution in [3.05, 3.63) is 17.9 Å². The second kappa shape index (κ2) is 9.64. The van der Waals surface area contributed by atoms with Crippen molar-refractivity contribution in [3.63, 3.8) is 0 Å².